The SMILES string of the molecule is O=C(Nc1ccc(-n2c(C(F)(F)F)nc3cc(N4C(=O)c5ccccc5C4=O)ccc32)cc1)c1cccc(F)c1F. The van der Waals surface area contributed by atoms with Crippen LogP contribution in [0.25, 0.3) is 16.7 Å². The van der Waals surface area contributed by atoms with E-state index in [1.165, 1.54) is 60.7 Å². The summed E-state index contributed by atoms with van der Waals surface area (Å²) in [5.74, 6) is -5.94. The molecule has 0 fully saturated rings. The number of carbonyl (C=O) groups excluding carboxylic acids is 3. The molecule has 0 aliphatic carbocycles. The molecule has 4 aromatic carbocycles. The Hall–Kier alpha value is -5.39. The molecule has 2 heterocycles. The Labute approximate surface area is 227 Å². The number of fused-ring (bicyclic) bond motifs is 2. The first-order valence-electron chi connectivity index (χ1n) is 12.0. The molecule has 1 N–H and O–H groups in total. The number of benzene rings is 4. The minimum absolute atomic E-state index is 0.0308. The normalized spacial score (nSPS) is 13.1. The molecule has 204 valence electrons. The molecule has 0 radical (unpaired) electrons. The van der Waals surface area contributed by atoms with E-state index in [-0.39, 0.29) is 39.2 Å². The molecule has 0 spiro atoms. The van der Waals surface area contributed by atoms with Crippen LogP contribution in [0.2, 0.25) is 0 Å². The third-order valence-electron chi connectivity index (χ3n) is 6.52. The van der Waals surface area contributed by atoms with Crippen LogP contribution in [0.5, 0.6) is 0 Å². The van der Waals surface area contributed by atoms with Gasteiger partial charge in [-0.15, -0.1) is 0 Å². The van der Waals surface area contributed by atoms with Gasteiger partial charge in [0.2, 0.25) is 5.82 Å². The van der Waals surface area contributed by atoms with Gasteiger partial charge in [-0.25, -0.2) is 18.7 Å². The van der Waals surface area contributed by atoms with Crippen molar-refractivity contribution in [1.82, 2.24) is 9.55 Å². The second-order valence-corrected chi connectivity index (χ2v) is 9.04. The highest BCUT2D eigenvalue weighted by Crippen LogP contribution is 2.36. The van der Waals surface area contributed by atoms with Crippen LogP contribution in [-0.2, 0) is 6.18 Å². The van der Waals surface area contributed by atoms with E-state index in [4.69, 9.17) is 0 Å². The molecule has 0 saturated carbocycles. The molecule has 12 heteroatoms. The van der Waals surface area contributed by atoms with Crippen molar-refractivity contribution < 1.29 is 36.3 Å². The van der Waals surface area contributed by atoms with E-state index in [0.29, 0.717) is 0 Å². The molecule has 1 aliphatic heterocycles. The summed E-state index contributed by atoms with van der Waals surface area (Å²) in [7, 11) is 0. The van der Waals surface area contributed by atoms with Crippen LogP contribution in [0, 0.1) is 11.6 Å². The lowest BCUT2D eigenvalue weighted by atomic mass is 10.1. The maximum Gasteiger partial charge on any atom is 0.450 e. The fourth-order valence-electron chi connectivity index (χ4n) is 4.65. The van der Waals surface area contributed by atoms with Crippen molar-refractivity contribution in [3.8, 4) is 5.69 Å². The molecule has 0 saturated heterocycles. The number of imidazole rings is 1. The highest BCUT2D eigenvalue weighted by atomic mass is 19.4. The maximum atomic E-state index is 14.1. The van der Waals surface area contributed by atoms with Crippen molar-refractivity contribution in [1.29, 1.82) is 0 Å². The summed E-state index contributed by atoms with van der Waals surface area (Å²) in [6.45, 7) is 0. The number of rotatable bonds is 4. The molecule has 7 nitrogen and oxygen atoms in total. The highest BCUT2D eigenvalue weighted by molar-refractivity contribution is 6.34. The highest BCUT2D eigenvalue weighted by Gasteiger charge is 2.39. The molecule has 0 unspecified atom stereocenters. The molecular weight excluding hydrogens is 547 g/mol. The van der Waals surface area contributed by atoms with Crippen molar-refractivity contribution in [2.24, 2.45) is 0 Å². The monoisotopic (exact) mass is 562 g/mol. The smallest absolute Gasteiger partial charge is 0.322 e. The molecule has 3 amide bonds. The molecule has 6 rings (SSSR count). The largest absolute Gasteiger partial charge is 0.450 e. The summed E-state index contributed by atoms with van der Waals surface area (Å²) >= 11 is 0. The number of imide groups is 1. The van der Waals surface area contributed by atoms with Gasteiger partial charge in [-0.1, -0.05) is 18.2 Å². The fraction of sp³-hybridized carbons (Fsp3) is 0.0345. The second-order valence-electron chi connectivity index (χ2n) is 9.04. The molecule has 1 aromatic heterocycles. The number of nitrogens with one attached hydrogen (secondary N) is 1. The minimum atomic E-state index is -4.88. The third kappa shape index (κ3) is 4.29. The summed E-state index contributed by atoms with van der Waals surface area (Å²) < 4.78 is 70.5. The van der Waals surface area contributed by atoms with Gasteiger partial charge in [0.15, 0.2) is 11.6 Å². The molecule has 0 bridgehead atoms. The van der Waals surface area contributed by atoms with Crippen LogP contribution in [0.3, 0.4) is 0 Å². The van der Waals surface area contributed by atoms with E-state index < -0.39 is 46.9 Å². The van der Waals surface area contributed by atoms with E-state index >= 15 is 0 Å². The summed E-state index contributed by atoms with van der Waals surface area (Å²) in [5.41, 5.74) is -0.0383. The first kappa shape index (κ1) is 25.9. The Bertz CT molecular complexity index is 1860. The van der Waals surface area contributed by atoms with Crippen molar-refractivity contribution in [2.45, 2.75) is 6.18 Å². The van der Waals surface area contributed by atoms with E-state index in [1.54, 1.807) is 12.1 Å². The quantitative estimate of drug-likeness (QED) is 0.204. The Morgan fingerprint density at radius 3 is 2.05 bits per heavy atom. The molecule has 41 heavy (non-hydrogen) atoms. The van der Waals surface area contributed by atoms with Gasteiger partial charge in [-0.2, -0.15) is 13.2 Å². The number of hydrogen-bond donors (Lipinski definition) is 1. The van der Waals surface area contributed by atoms with Crippen LogP contribution in [-0.4, -0.2) is 27.3 Å². The van der Waals surface area contributed by atoms with Crippen LogP contribution >= 0.6 is 0 Å². The lowest BCUT2D eigenvalue weighted by Gasteiger charge is -2.15. The lowest BCUT2D eigenvalue weighted by molar-refractivity contribution is -0.145. The first-order chi connectivity index (χ1) is 19.5. The molecule has 1 aliphatic rings. The fourth-order valence-corrected chi connectivity index (χ4v) is 4.65. The summed E-state index contributed by atoms with van der Waals surface area (Å²) in [6.07, 6.45) is -4.88. The number of aromatic nitrogens is 2. The number of anilines is 2. The Balaban J connectivity index is 1.36. The van der Waals surface area contributed by atoms with E-state index in [2.05, 4.69) is 10.3 Å². The van der Waals surface area contributed by atoms with Gasteiger partial charge in [0.25, 0.3) is 17.7 Å². The molecular formula is C29H15F5N4O3. The number of alkyl halides is 3. The average molecular weight is 562 g/mol. The molecule has 5 aromatic rings. The Morgan fingerprint density at radius 2 is 1.41 bits per heavy atom. The third-order valence-corrected chi connectivity index (χ3v) is 6.52. The lowest BCUT2D eigenvalue weighted by Crippen LogP contribution is -2.29. The van der Waals surface area contributed by atoms with Crippen molar-refractivity contribution in [2.75, 3.05) is 10.2 Å². The zero-order valence-corrected chi connectivity index (χ0v) is 20.5. The van der Waals surface area contributed by atoms with Crippen LogP contribution in [0.1, 0.15) is 36.9 Å². The van der Waals surface area contributed by atoms with Crippen molar-refractivity contribution in [3.63, 3.8) is 0 Å². The minimum Gasteiger partial charge on any atom is -0.322 e. The summed E-state index contributed by atoms with van der Waals surface area (Å²) in [4.78, 5) is 42.8. The predicted molar refractivity (Wildman–Crippen MR) is 138 cm³/mol. The van der Waals surface area contributed by atoms with Crippen LogP contribution in [0.4, 0.5) is 33.3 Å². The van der Waals surface area contributed by atoms with Crippen molar-refractivity contribution in [3.05, 3.63) is 119 Å². The number of nitrogens with zero attached hydrogens (tertiary/aromatic N) is 3. The zero-order chi connectivity index (χ0) is 29.1. The van der Waals surface area contributed by atoms with E-state index in [0.717, 1.165) is 21.6 Å². The van der Waals surface area contributed by atoms with Crippen LogP contribution < -0.4 is 10.2 Å². The number of halogens is 5. The van der Waals surface area contributed by atoms with Crippen molar-refractivity contribution >= 4 is 40.1 Å². The van der Waals surface area contributed by atoms with Gasteiger partial charge < -0.3 is 5.32 Å². The summed E-state index contributed by atoms with van der Waals surface area (Å²) in [5, 5.41) is 2.37. The van der Waals surface area contributed by atoms with Gasteiger partial charge in [-0.05, 0) is 66.7 Å². The number of amides is 3. The Morgan fingerprint density at radius 1 is 0.780 bits per heavy atom. The summed E-state index contributed by atoms with van der Waals surface area (Å²) in [6, 6.07) is 18.4. The van der Waals surface area contributed by atoms with Gasteiger partial charge >= 0.3 is 6.18 Å². The van der Waals surface area contributed by atoms with Gasteiger partial charge in [0, 0.05) is 11.4 Å². The van der Waals surface area contributed by atoms with E-state index in [1.807, 2.05) is 0 Å². The second kappa shape index (κ2) is 9.37. The zero-order valence-electron chi connectivity index (χ0n) is 20.5. The predicted octanol–water partition coefficient (Wildman–Crippen LogP) is 6.38. The van der Waals surface area contributed by atoms with Crippen LogP contribution in [0.15, 0.2) is 84.9 Å². The topological polar surface area (TPSA) is 84.3 Å². The first-order valence-corrected chi connectivity index (χ1v) is 12.0. The number of carbonyl (C=O) groups is 3. The molecule has 0 atom stereocenters. The average Bonchev–Trinajstić information content (AvgIpc) is 3.45. The number of hydrogen-bond acceptors (Lipinski definition) is 4. The van der Waals surface area contributed by atoms with Gasteiger partial charge in [0.1, 0.15) is 0 Å². The maximum absolute atomic E-state index is 14.1. The standard InChI is InChI=1S/C29H15F5N4O3/c30-21-7-3-6-20(24(21)31)25(39)35-15-8-10-16(11-9-15)37-23-13-12-17(14-22(23)36-28(37)29(32,33)34)38-26(40)18-4-1-2-5-19(18)27(38)41/h1-14H,(H,35,39). The Kier molecular flexibility index (Phi) is 5.91. The van der Waals surface area contributed by atoms with Gasteiger partial charge in [-0.3, -0.25) is 19.0 Å². The van der Waals surface area contributed by atoms with Gasteiger partial charge in [0.05, 0.1) is 33.4 Å². The van der Waals surface area contributed by atoms with E-state index in [9.17, 15) is 36.3 Å².